The number of nitrogens with zero attached hydrogens (tertiary/aromatic N) is 3. The van der Waals surface area contributed by atoms with Crippen LogP contribution >= 0.6 is 0 Å². The Labute approximate surface area is 132 Å². The predicted molar refractivity (Wildman–Crippen MR) is 83.8 cm³/mol. The highest BCUT2D eigenvalue weighted by Crippen LogP contribution is 2.38. The standard InChI is InChI=1S/C13H18N4O6/c1-4-15(5-2)11-6-9(14-8-13(18)23-3)10(16(19)20)7-12(11)17(21)22/h6-7,14H,4-5,8H2,1-3H3. The first-order chi connectivity index (χ1) is 10.8. The molecule has 0 radical (unpaired) electrons. The number of esters is 1. The van der Waals surface area contributed by atoms with E-state index in [9.17, 15) is 25.0 Å². The van der Waals surface area contributed by atoms with Gasteiger partial charge < -0.3 is 15.0 Å². The van der Waals surface area contributed by atoms with Crippen LogP contribution in [0.4, 0.5) is 22.7 Å². The smallest absolute Gasteiger partial charge is 0.325 e. The molecule has 126 valence electrons. The fourth-order valence-electron chi connectivity index (χ4n) is 2.06. The first-order valence-electron chi connectivity index (χ1n) is 6.88. The summed E-state index contributed by atoms with van der Waals surface area (Å²) in [6.07, 6.45) is 0. The summed E-state index contributed by atoms with van der Waals surface area (Å²) in [6, 6.07) is 2.21. The van der Waals surface area contributed by atoms with Crippen LogP contribution in [0.3, 0.4) is 0 Å². The second-order valence-corrected chi connectivity index (χ2v) is 4.47. The molecule has 10 heteroatoms. The van der Waals surface area contributed by atoms with E-state index in [2.05, 4.69) is 10.1 Å². The Kier molecular flexibility index (Phi) is 6.24. The van der Waals surface area contributed by atoms with Crippen LogP contribution in [0.2, 0.25) is 0 Å². The van der Waals surface area contributed by atoms with E-state index in [0.29, 0.717) is 13.1 Å². The van der Waals surface area contributed by atoms with Crippen molar-refractivity contribution in [2.75, 3.05) is 37.0 Å². The van der Waals surface area contributed by atoms with Crippen molar-refractivity contribution in [2.24, 2.45) is 0 Å². The zero-order valence-electron chi connectivity index (χ0n) is 13.1. The van der Waals surface area contributed by atoms with Gasteiger partial charge in [-0.15, -0.1) is 0 Å². The Morgan fingerprint density at radius 1 is 1.17 bits per heavy atom. The summed E-state index contributed by atoms with van der Waals surface area (Å²) in [4.78, 5) is 33.9. The van der Waals surface area contributed by atoms with Crippen LogP contribution < -0.4 is 10.2 Å². The Morgan fingerprint density at radius 2 is 1.74 bits per heavy atom. The Balaban J connectivity index is 3.41. The number of carbonyl (C=O) groups excluding carboxylic acids is 1. The molecule has 1 aromatic carbocycles. The third kappa shape index (κ3) is 4.28. The monoisotopic (exact) mass is 326 g/mol. The van der Waals surface area contributed by atoms with Gasteiger partial charge in [-0.1, -0.05) is 0 Å². The maximum atomic E-state index is 11.2. The van der Waals surface area contributed by atoms with E-state index in [-0.39, 0.29) is 23.6 Å². The van der Waals surface area contributed by atoms with Crippen molar-refractivity contribution in [1.82, 2.24) is 0 Å². The molecule has 10 nitrogen and oxygen atoms in total. The van der Waals surface area contributed by atoms with E-state index >= 15 is 0 Å². The van der Waals surface area contributed by atoms with Gasteiger partial charge in [-0.25, -0.2) is 0 Å². The normalized spacial score (nSPS) is 10.0. The van der Waals surface area contributed by atoms with Crippen molar-refractivity contribution < 1.29 is 19.4 Å². The second kappa shape index (κ2) is 7.92. The molecule has 0 saturated heterocycles. The summed E-state index contributed by atoms with van der Waals surface area (Å²) in [5.41, 5.74) is -0.564. The molecule has 0 aliphatic rings. The Hall–Kier alpha value is -2.91. The number of anilines is 2. The average molecular weight is 326 g/mol. The van der Waals surface area contributed by atoms with Gasteiger partial charge in [0, 0.05) is 13.1 Å². The average Bonchev–Trinajstić information content (AvgIpc) is 2.52. The SMILES string of the molecule is CCN(CC)c1cc(NCC(=O)OC)c([N+](=O)[O-])cc1[N+](=O)[O-]. The molecule has 0 spiro atoms. The van der Waals surface area contributed by atoms with Crippen LogP contribution in [-0.2, 0) is 9.53 Å². The largest absolute Gasteiger partial charge is 0.468 e. The molecule has 0 amide bonds. The van der Waals surface area contributed by atoms with Crippen molar-refractivity contribution >= 4 is 28.7 Å². The summed E-state index contributed by atoms with van der Waals surface area (Å²) < 4.78 is 4.46. The number of methoxy groups -OCH3 is 1. The molecule has 0 fully saturated rings. The molecular weight excluding hydrogens is 308 g/mol. The lowest BCUT2D eigenvalue weighted by atomic mass is 10.1. The fourth-order valence-corrected chi connectivity index (χ4v) is 2.06. The molecule has 0 heterocycles. The van der Waals surface area contributed by atoms with Crippen molar-refractivity contribution in [2.45, 2.75) is 13.8 Å². The highest BCUT2D eigenvalue weighted by atomic mass is 16.6. The van der Waals surface area contributed by atoms with Crippen molar-refractivity contribution in [3.05, 3.63) is 32.4 Å². The molecule has 0 aliphatic carbocycles. The first-order valence-corrected chi connectivity index (χ1v) is 6.88. The molecule has 0 aliphatic heterocycles. The highest BCUT2D eigenvalue weighted by Gasteiger charge is 2.27. The molecule has 0 saturated carbocycles. The summed E-state index contributed by atoms with van der Waals surface area (Å²) in [7, 11) is 1.19. The summed E-state index contributed by atoms with van der Waals surface area (Å²) in [5, 5.41) is 25.0. The Morgan fingerprint density at radius 3 is 2.17 bits per heavy atom. The number of carbonyl (C=O) groups is 1. The fraction of sp³-hybridized carbons (Fsp3) is 0.462. The van der Waals surface area contributed by atoms with Gasteiger partial charge in [0.1, 0.15) is 17.9 Å². The molecule has 0 aromatic heterocycles. The van der Waals surface area contributed by atoms with Crippen LogP contribution in [0.15, 0.2) is 12.1 Å². The number of nitrogens with one attached hydrogen (secondary N) is 1. The maximum absolute atomic E-state index is 11.2. The van der Waals surface area contributed by atoms with Crippen LogP contribution in [0.5, 0.6) is 0 Å². The number of rotatable bonds is 8. The van der Waals surface area contributed by atoms with Crippen LogP contribution in [0.1, 0.15) is 13.8 Å². The number of hydrogen-bond donors (Lipinski definition) is 1. The molecule has 0 unspecified atom stereocenters. The minimum atomic E-state index is -0.737. The molecule has 0 atom stereocenters. The summed E-state index contributed by atoms with van der Waals surface area (Å²) in [6.45, 7) is 4.33. The molecular formula is C13H18N4O6. The van der Waals surface area contributed by atoms with E-state index < -0.39 is 21.5 Å². The molecule has 0 bridgehead atoms. The first kappa shape index (κ1) is 18.1. The predicted octanol–water partition coefficient (Wildman–Crippen LogP) is 1.93. The van der Waals surface area contributed by atoms with E-state index in [1.54, 1.807) is 4.90 Å². The zero-order valence-corrected chi connectivity index (χ0v) is 13.1. The topological polar surface area (TPSA) is 128 Å². The zero-order chi connectivity index (χ0) is 17.6. The second-order valence-electron chi connectivity index (χ2n) is 4.47. The lowest BCUT2D eigenvalue weighted by molar-refractivity contribution is -0.393. The van der Waals surface area contributed by atoms with Gasteiger partial charge in [0.2, 0.25) is 0 Å². The summed E-state index contributed by atoms with van der Waals surface area (Å²) >= 11 is 0. The van der Waals surface area contributed by atoms with Gasteiger partial charge in [-0.05, 0) is 19.9 Å². The number of ether oxygens (including phenoxy) is 1. The highest BCUT2D eigenvalue weighted by molar-refractivity contribution is 5.81. The van der Waals surface area contributed by atoms with E-state index in [1.165, 1.54) is 13.2 Å². The van der Waals surface area contributed by atoms with Gasteiger partial charge in [-0.2, -0.15) is 0 Å². The van der Waals surface area contributed by atoms with Crippen molar-refractivity contribution in [1.29, 1.82) is 0 Å². The summed E-state index contributed by atoms with van der Waals surface area (Å²) in [5.74, 6) is -0.609. The third-order valence-electron chi connectivity index (χ3n) is 3.24. The molecule has 1 aromatic rings. The number of benzene rings is 1. The number of nitro benzene ring substituents is 2. The van der Waals surface area contributed by atoms with Gasteiger partial charge in [-0.3, -0.25) is 25.0 Å². The van der Waals surface area contributed by atoms with Gasteiger partial charge >= 0.3 is 5.97 Å². The lowest BCUT2D eigenvalue weighted by Crippen LogP contribution is -2.23. The quantitative estimate of drug-likeness (QED) is 0.436. The minimum Gasteiger partial charge on any atom is -0.468 e. The maximum Gasteiger partial charge on any atom is 0.325 e. The number of nitro groups is 2. The number of hydrogen-bond acceptors (Lipinski definition) is 8. The Bertz CT molecular complexity index is 615. The van der Waals surface area contributed by atoms with Crippen LogP contribution in [0, 0.1) is 20.2 Å². The van der Waals surface area contributed by atoms with Gasteiger partial charge in [0.05, 0.1) is 23.0 Å². The molecule has 1 N–H and O–H groups in total. The van der Waals surface area contributed by atoms with Crippen molar-refractivity contribution in [3.8, 4) is 0 Å². The van der Waals surface area contributed by atoms with E-state index in [1.807, 2.05) is 13.8 Å². The lowest BCUT2D eigenvalue weighted by Gasteiger charge is -2.21. The van der Waals surface area contributed by atoms with Gasteiger partial charge in [0.15, 0.2) is 0 Å². The van der Waals surface area contributed by atoms with Gasteiger partial charge in [0.25, 0.3) is 11.4 Å². The van der Waals surface area contributed by atoms with Crippen molar-refractivity contribution in [3.63, 3.8) is 0 Å². The van der Waals surface area contributed by atoms with Crippen LogP contribution in [0.25, 0.3) is 0 Å². The third-order valence-corrected chi connectivity index (χ3v) is 3.24. The molecule has 23 heavy (non-hydrogen) atoms. The van der Waals surface area contributed by atoms with E-state index in [0.717, 1.165) is 6.07 Å². The minimum absolute atomic E-state index is 0.0212. The van der Waals surface area contributed by atoms with Crippen LogP contribution in [-0.4, -0.2) is 42.6 Å². The van der Waals surface area contributed by atoms with E-state index in [4.69, 9.17) is 0 Å². The molecule has 1 rings (SSSR count).